The van der Waals surface area contributed by atoms with Crippen LogP contribution in [0.3, 0.4) is 0 Å². The van der Waals surface area contributed by atoms with E-state index in [-0.39, 0.29) is 22.6 Å². The van der Waals surface area contributed by atoms with Gasteiger partial charge in [0.25, 0.3) is 0 Å². The molecule has 1 aromatic heterocycles. The molecular weight excluding hydrogens is 448 g/mol. The normalized spacial score (nSPS) is 16.6. The number of nitrogens with zero attached hydrogens (tertiary/aromatic N) is 2. The third kappa shape index (κ3) is 4.19. The Kier molecular flexibility index (Phi) is 6.08. The van der Waals surface area contributed by atoms with Gasteiger partial charge in [0.1, 0.15) is 17.4 Å². The van der Waals surface area contributed by atoms with Gasteiger partial charge in [0.15, 0.2) is 11.6 Å². The zero-order valence-electron chi connectivity index (χ0n) is 19.6. The summed E-state index contributed by atoms with van der Waals surface area (Å²) in [6, 6.07) is 10.4. The van der Waals surface area contributed by atoms with Crippen LogP contribution in [0.25, 0.3) is 22.4 Å². The van der Waals surface area contributed by atoms with Crippen molar-refractivity contribution in [2.45, 2.75) is 31.2 Å². The highest BCUT2D eigenvalue weighted by Gasteiger charge is 2.43. The number of fused-ring (bicyclic) bond motifs is 1. The van der Waals surface area contributed by atoms with Crippen molar-refractivity contribution < 1.29 is 18.6 Å². The average Bonchev–Trinajstić information content (AvgIpc) is 3.43. The highest BCUT2D eigenvalue weighted by molar-refractivity contribution is 5.86. The van der Waals surface area contributed by atoms with Crippen molar-refractivity contribution in [3.05, 3.63) is 59.7 Å². The predicted molar refractivity (Wildman–Crippen MR) is 132 cm³/mol. The van der Waals surface area contributed by atoms with Crippen molar-refractivity contribution in [1.29, 1.82) is 0 Å². The van der Waals surface area contributed by atoms with Gasteiger partial charge in [0, 0.05) is 23.7 Å². The molecular formula is C28H27F2N3O2. The molecule has 5 rings (SSSR count). The van der Waals surface area contributed by atoms with Crippen LogP contribution < -0.4 is 10.1 Å². The first-order valence-electron chi connectivity index (χ1n) is 11.8. The molecule has 2 aromatic carbocycles. The molecule has 35 heavy (non-hydrogen) atoms. The van der Waals surface area contributed by atoms with E-state index in [2.05, 4.69) is 16.1 Å². The minimum atomic E-state index is -0.576. The fourth-order valence-corrected chi connectivity index (χ4v) is 5.49. The smallest absolute Gasteiger partial charge is 0.165 e. The molecule has 0 unspecified atom stereocenters. The number of terminal acetylenes is 1. The Morgan fingerprint density at radius 1 is 1.09 bits per heavy atom. The van der Waals surface area contributed by atoms with Crippen LogP contribution in [0.5, 0.6) is 11.5 Å². The third-order valence-electron chi connectivity index (χ3n) is 7.25. The zero-order valence-corrected chi connectivity index (χ0v) is 19.6. The molecule has 3 heterocycles. The van der Waals surface area contributed by atoms with E-state index in [4.69, 9.17) is 16.1 Å². The van der Waals surface area contributed by atoms with Gasteiger partial charge in [-0.3, -0.25) is 4.90 Å². The lowest BCUT2D eigenvalue weighted by Gasteiger charge is -2.32. The van der Waals surface area contributed by atoms with Gasteiger partial charge in [-0.25, -0.2) is 13.8 Å². The van der Waals surface area contributed by atoms with Crippen LogP contribution in [-0.2, 0) is 0 Å². The number of hydrogen-bond acceptors (Lipinski definition) is 5. The van der Waals surface area contributed by atoms with Crippen LogP contribution >= 0.6 is 0 Å². The Morgan fingerprint density at radius 3 is 2.46 bits per heavy atom. The van der Waals surface area contributed by atoms with Crippen molar-refractivity contribution in [2.24, 2.45) is 0 Å². The van der Waals surface area contributed by atoms with Crippen molar-refractivity contribution >= 4 is 5.82 Å². The number of rotatable bonds is 6. The highest BCUT2D eigenvalue weighted by Crippen LogP contribution is 2.42. The minimum absolute atomic E-state index is 0.0855. The fraction of sp³-hybridized carbons (Fsp3) is 0.321. The molecule has 2 aliphatic rings. The van der Waals surface area contributed by atoms with Gasteiger partial charge in [-0.05, 0) is 68.6 Å². The number of aromatic nitrogens is 1. The number of hydrogen-bond donors (Lipinski definition) is 2. The van der Waals surface area contributed by atoms with Gasteiger partial charge in [0.2, 0.25) is 0 Å². The van der Waals surface area contributed by atoms with Gasteiger partial charge in [0.05, 0.1) is 23.9 Å². The van der Waals surface area contributed by atoms with E-state index in [1.165, 1.54) is 50.3 Å². The lowest BCUT2D eigenvalue weighted by molar-refractivity contribution is 0.209. The SMILES string of the molecule is C#Cc1ccc(-c2nc(NCC34CCCN3CCC4)cc(O)c2-c2ccc(OC)c(F)c2)cc1F. The number of anilines is 1. The number of benzene rings is 2. The fourth-order valence-electron chi connectivity index (χ4n) is 5.49. The second kappa shape index (κ2) is 9.20. The summed E-state index contributed by atoms with van der Waals surface area (Å²) in [4.78, 5) is 7.29. The lowest BCUT2D eigenvalue weighted by atomic mass is 9.94. The van der Waals surface area contributed by atoms with E-state index in [9.17, 15) is 13.9 Å². The summed E-state index contributed by atoms with van der Waals surface area (Å²) in [5, 5.41) is 14.5. The first kappa shape index (κ1) is 23.1. The van der Waals surface area contributed by atoms with Crippen LogP contribution in [0.2, 0.25) is 0 Å². The first-order valence-corrected chi connectivity index (χ1v) is 11.8. The van der Waals surface area contributed by atoms with E-state index in [0.717, 1.165) is 25.9 Å². The summed E-state index contributed by atoms with van der Waals surface area (Å²) in [6.45, 7) is 2.92. The van der Waals surface area contributed by atoms with Crippen LogP contribution in [0.4, 0.5) is 14.6 Å². The molecule has 7 heteroatoms. The zero-order chi connectivity index (χ0) is 24.6. The minimum Gasteiger partial charge on any atom is -0.507 e. The molecule has 0 aliphatic carbocycles. The van der Waals surface area contributed by atoms with Crippen molar-refractivity contribution in [1.82, 2.24) is 9.88 Å². The van der Waals surface area contributed by atoms with Crippen LogP contribution in [0, 0.1) is 24.0 Å². The Balaban J connectivity index is 1.58. The number of halogens is 2. The predicted octanol–water partition coefficient (Wildman–Crippen LogP) is 5.43. The van der Waals surface area contributed by atoms with E-state index in [1.807, 2.05) is 0 Å². The molecule has 0 spiro atoms. The van der Waals surface area contributed by atoms with Crippen molar-refractivity contribution in [3.8, 4) is 46.2 Å². The maximum atomic E-state index is 14.6. The number of ether oxygens (including phenoxy) is 1. The standard InChI is InChI=1S/C28H27F2N3O2/c1-3-18-6-7-20(15-21(18)29)27-26(19-8-9-24(35-2)22(30)14-19)23(34)16-25(32-27)31-17-28-10-4-12-33(28)13-5-11-28/h1,6-9,14-16H,4-5,10-13,17H2,2H3,(H2,31,32,34). The summed E-state index contributed by atoms with van der Waals surface area (Å²) in [5.41, 5.74) is 1.68. The highest BCUT2D eigenvalue weighted by atomic mass is 19.1. The van der Waals surface area contributed by atoms with E-state index < -0.39 is 11.6 Å². The van der Waals surface area contributed by atoms with Crippen LogP contribution in [-0.4, -0.2) is 47.3 Å². The van der Waals surface area contributed by atoms with Crippen LogP contribution in [0.1, 0.15) is 31.2 Å². The second-order valence-corrected chi connectivity index (χ2v) is 9.21. The monoisotopic (exact) mass is 475 g/mol. The summed E-state index contributed by atoms with van der Waals surface area (Å²) >= 11 is 0. The van der Waals surface area contributed by atoms with Gasteiger partial charge >= 0.3 is 0 Å². The molecule has 3 aromatic rings. The maximum absolute atomic E-state index is 14.6. The molecule has 0 saturated carbocycles. The molecule has 180 valence electrons. The average molecular weight is 476 g/mol. The quantitative estimate of drug-likeness (QED) is 0.466. The maximum Gasteiger partial charge on any atom is 0.165 e. The number of aromatic hydroxyl groups is 1. The van der Waals surface area contributed by atoms with Crippen molar-refractivity contribution in [2.75, 3.05) is 32.1 Å². The molecule has 0 radical (unpaired) electrons. The van der Waals surface area contributed by atoms with Gasteiger partial charge in [-0.2, -0.15) is 0 Å². The summed E-state index contributed by atoms with van der Waals surface area (Å²) in [7, 11) is 1.38. The van der Waals surface area contributed by atoms with Gasteiger partial charge in [-0.15, -0.1) is 6.42 Å². The molecule has 0 amide bonds. The van der Waals surface area contributed by atoms with Gasteiger partial charge in [-0.1, -0.05) is 18.1 Å². The lowest BCUT2D eigenvalue weighted by Crippen LogP contribution is -2.44. The van der Waals surface area contributed by atoms with Crippen LogP contribution in [0.15, 0.2) is 42.5 Å². The number of methoxy groups -OCH3 is 1. The molecule has 0 atom stereocenters. The molecule has 5 nitrogen and oxygen atoms in total. The number of pyridine rings is 1. The topological polar surface area (TPSA) is 57.6 Å². The van der Waals surface area contributed by atoms with Gasteiger partial charge < -0.3 is 15.2 Å². The molecule has 2 saturated heterocycles. The molecule has 2 aliphatic heterocycles. The van der Waals surface area contributed by atoms with Crippen molar-refractivity contribution in [3.63, 3.8) is 0 Å². The Hall–Kier alpha value is -3.63. The summed E-state index contributed by atoms with van der Waals surface area (Å²) in [6.07, 6.45) is 9.98. The molecule has 2 fully saturated rings. The number of nitrogens with one attached hydrogen (secondary N) is 1. The van der Waals surface area contributed by atoms with E-state index in [0.29, 0.717) is 34.7 Å². The van der Waals surface area contributed by atoms with E-state index >= 15 is 0 Å². The Labute approximate surface area is 203 Å². The Morgan fingerprint density at radius 2 is 1.80 bits per heavy atom. The summed E-state index contributed by atoms with van der Waals surface area (Å²) < 4.78 is 34.2. The second-order valence-electron chi connectivity index (χ2n) is 9.21. The summed E-state index contributed by atoms with van der Waals surface area (Å²) in [5.74, 6) is 1.64. The molecule has 0 bridgehead atoms. The molecule has 2 N–H and O–H groups in total. The largest absolute Gasteiger partial charge is 0.507 e. The Bertz CT molecular complexity index is 1310. The first-order chi connectivity index (χ1) is 16.9. The third-order valence-corrected chi connectivity index (χ3v) is 7.25. The van der Waals surface area contributed by atoms with E-state index in [1.54, 1.807) is 12.1 Å².